The lowest BCUT2D eigenvalue weighted by Gasteiger charge is -2.33. The zero-order chi connectivity index (χ0) is 18.4. The minimum absolute atomic E-state index is 0.0240. The zero-order valence-electron chi connectivity index (χ0n) is 15.5. The van der Waals surface area contributed by atoms with Crippen molar-refractivity contribution >= 4 is 12.0 Å². The standard InChI is InChI=1S/C19H28N2O4/c1-19(2,3)25-18(23)21-11-5-6-15(13-21)17(22)20-12-14-7-9-16(24-4)10-8-14/h7-10,15H,5-6,11-13H2,1-4H3,(H,20,22)/t15-/m0/s1. The van der Waals surface area contributed by atoms with Gasteiger partial charge in [-0.1, -0.05) is 12.1 Å². The molecule has 25 heavy (non-hydrogen) atoms. The van der Waals surface area contributed by atoms with Gasteiger partial charge in [-0.25, -0.2) is 4.79 Å². The van der Waals surface area contributed by atoms with E-state index in [4.69, 9.17) is 9.47 Å². The van der Waals surface area contributed by atoms with Crippen LogP contribution >= 0.6 is 0 Å². The molecular weight excluding hydrogens is 320 g/mol. The minimum atomic E-state index is -0.527. The summed E-state index contributed by atoms with van der Waals surface area (Å²) in [5.41, 5.74) is 0.481. The second-order valence-corrected chi connectivity index (χ2v) is 7.33. The highest BCUT2D eigenvalue weighted by Gasteiger charge is 2.30. The normalized spacial score (nSPS) is 17.8. The fourth-order valence-corrected chi connectivity index (χ4v) is 2.76. The predicted octanol–water partition coefficient (Wildman–Crippen LogP) is 2.96. The lowest BCUT2D eigenvalue weighted by Crippen LogP contribution is -2.46. The number of piperidine rings is 1. The molecule has 0 saturated carbocycles. The van der Waals surface area contributed by atoms with Crippen LogP contribution < -0.4 is 10.1 Å². The van der Waals surface area contributed by atoms with E-state index in [1.165, 1.54) is 0 Å². The predicted molar refractivity (Wildman–Crippen MR) is 95.4 cm³/mol. The van der Waals surface area contributed by atoms with Gasteiger partial charge in [0.2, 0.25) is 5.91 Å². The third kappa shape index (κ3) is 5.96. The van der Waals surface area contributed by atoms with E-state index in [0.29, 0.717) is 19.6 Å². The van der Waals surface area contributed by atoms with Crippen molar-refractivity contribution in [3.05, 3.63) is 29.8 Å². The number of benzene rings is 1. The molecule has 0 spiro atoms. The lowest BCUT2D eigenvalue weighted by molar-refractivity contribution is -0.126. The van der Waals surface area contributed by atoms with E-state index in [0.717, 1.165) is 24.2 Å². The molecule has 1 fully saturated rings. The Morgan fingerprint density at radius 3 is 2.52 bits per heavy atom. The van der Waals surface area contributed by atoms with Crippen LogP contribution in [0, 0.1) is 5.92 Å². The van der Waals surface area contributed by atoms with Crippen molar-refractivity contribution in [2.75, 3.05) is 20.2 Å². The van der Waals surface area contributed by atoms with Gasteiger partial charge >= 0.3 is 6.09 Å². The van der Waals surface area contributed by atoms with Crippen LogP contribution in [0.25, 0.3) is 0 Å². The number of carbonyl (C=O) groups excluding carboxylic acids is 2. The number of nitrogens with one attached hydrogen (secondary N) is 1. The van der Waals surface area contributed by atoms with E-state index < -0.39 is 5.60 Å². The van der Waals surface area contributed by atoms with Crippen LogP contribution in [0.1, 0.15) is 39.2 Å². The number of hydrogen-bond donors (Lipinski definition) is 1. The van der Waals surface area contributed by atoms with Crippen molar-refractivity contribution in [3.63, 3.8) is 0 Å². The van der Waals surface area contributed by atoms with Gasteiger partial charge in [0.25, 0.3) is 0 Å². The van der Waals surface area contributed by atoms with E-state index in [9.17, 15) is 9.59 Å². The number of amides is 2. The van der Waals surface area contributed by atoms with E-state index >= 15 is 0 Å². The van der Waals surface area contributed by atoms with Crippen molar-refractivity contribution in [1.29, 1.82) is 0 Å². The van der Waals surface area contributed by atoms with Gasteiger partial charge in [-0.05, 0) is 51.3 Å². The van der Waals surface area contributed by atoms with Crippen LogP contribution in [0.15, 0.2) is 24.3 Å². The quantitative estimate of drug-likeness (QED) is 0.908. The molecule has 0 radical (unpaired) electrons. The van der Waals surface area contributed by atoms with Crippen LogP contribution in [-0.4, -0.2) is 42.7 Å². The van der Waals surface area contributed by atoms with E-state index in [1.807, 2.05) is 45.0 Å². The third-order valence-electron chi connectivity index (χ3n) is 4.07. The highest BCUT2D eigenvalue weighted by molar-refractivity contribution is 5.80. The molecule has 6 nitrogen and oxygen atoms in total. The van der Waals surface area contributed by atoms with Crippen LogP contribution in [0.4, 0.5) is 4.79 Å². The van der Waals surface area contributed by atoms with Crippen molar-refractivity contribution < 1.29 is 19.1 Å². The Hall–Kier alpha value is -2.24. The molecule has 1 heterocycles. The molecule has 1 saturated heterocycles. The number of nitrogens with zero attached hydrogens (tertiary/aromatic N) is 1. The lowest BCUT2D eigenvalue weighted by atomic mass is 9.97. The molecule has 1 atom stereocenters. The SMILES string of the molecule is COc1ccc(CNC(=O)[C@H]2CCCN(C(=O)OC(C)(C)C)C2)cc1. The maximum absolute atomic E-state index is 12.4. The summed E-state index contributed by atoms with van der Waals surface area (Å²) in [4.78, 5) is 26.2. The van der Waals surface area contributed by atoms with Crippen LogP contribution in [0.2, 0.25) is 0 Å². The number of likely N-dealkylation sites (tertiary alicyclic amines) is 1. The van der Waals surface area contributed by atoms with Crippen LogP contribution in [-0.2, 0) is 16.1 Å². The molecular formula is C19H28N2O4. The topological polar surface area (TPSA) is 67.9 Å². The molecule has 1 aliphatic rings. The molecule has 0 aliphatic carbocycles. The monoisotopic (exact) mass is 348 g/mol. The van der Waals surface area contributed by atoms with Crippen LogP contribution in [0.5, 0.6) is 5.75 Å². The summed E-state index contributed by atoms with van der Waals surface area (Å²) in [6, 6.07) is 7.58. The first kappa shape index (κ1) is 19.1. The highest BCUT2D eigenvalue weighted by Crippen LogP contribution is 2.20. The Kier molecular flexibility index (Phi) is 6.28. The Labute approximate surface area is 149 Å². The van der Waals surface area contributed by atoms with E-state index in [-0.39, 0.29) is 17.9 Å². The molecule has 0 unspecified atom stereocenters. The van der Waals surface area contributed by atoms with E-state index in [2.05, 4.69) is 5.32 Å². The van der Waals surface area contributed by atoms with Gasteiger partial charge in [0.15, 0.2) is 0 Å². The Morgan fingerprint density at radius 1 is 1.24 bits per heavy atom. The molecule has 2 amide bonds. The molecule has 1 N–H and O–H groups in total. The first-order chi connectivity index (χ1) is 11.8. The summed E-state index contributed by atoms with van der Waals surface area (Å²) >= 11 is 0. The summed E-state index contributed by atoms with van der Waals surface area (Å²) in [5.74, 6) is 0.568. The Bertz CT molecular complexity index is 592. The summed E-state index contributed by atoms with van der Waals surface area (Å²) in [5, 5.41) is 2.96. The summed E-state index contributed by atoms with van der Waals surface area (Å²) in [6.45, 7) is 7.03. The Balaban J connectivity index is 1.85. The molecule has 1 aliphatic heterocycles. The number of carbonyl (C=O) groups is 2. The van der Waals surface area contributed by atoms with Gasteiger partial charge < -0.3 is 19.7 Å². The maximum atomic E-state index is 12.4. The second-order valence-electron chi connectivity index (χ2n) is 7.33. The fraction of sp³-hybridized carbons (Fsp3) is 0.579. The number of ether oxygens (including phenoxy) is 2. The summed E-state index contributed by atoms with van der Waals surface area (Å²) in [7, 11) is 1.62. The van der Waals surface area contributed by atoms with Gasteiger partial charge in [-0.15, -0.1) is 0 Å². The van der Waals surface area contributed by atoms with Gasteiger partial charge in [0, 0.05) is 19.6 Å². The first-order valence-corrected chi connectivity index (χ1v) is 8.67. The minimum Gasteiger partial charge on any atom is -0.497 e. The fourth-order valence-electron chi connectivity index (χ4n) is 2.76. The van der Waals surface area contributed by atoms with Crippen molar-refractivity contribution in [1.82, 2.24) is 10.2 Å². The summed E-state index contributed by atoms with van der Waals surface area (Å²) < 4.78 is 10.5. The van der Waals surface area contributed by atoms with Crippen molar-refractivity contribution in [3.8, 4) is 5.75 Å². The largest absolute Gasteiger partial charge is 0.497 e. The third-order valence-corrected chi connectivity index (χ3v) is 4.07. The first-order valence-electron chi connectivity index (χ1n) is 8.67. The molecule has 0 aromatic heterocycles. The molecule has 138 valence electrons. The smallest absolute Gasteiger partial charge is 0.410 e. The average Bonchev–Trinajstić information content (AvgIpc) is 2.58. The molecule has 1 aromatic carbocycles. The number of hydrogen-bond acceptors (Lipinski definition) is 4. The van der Waals surface area contributed by atoms with Crippen molar-refractivity contribution in [2.45, 2.75) is 45.8 Å². The number of methoxy groups -OCH3 is 1. The maximum Gasteiger partial charge on any atom is 0.410 e. The highest BCUT2D eigenvalue weighted by atomic mass is 16.6. The average molecular weight is 348 g/mol. The molecule has 1 aromatic rings. The number of rotatable bonds is 4. The molecule has 0 bridgehead atoms. The van der Waals surface area contributed by atoms with E-state index in [1.54, 1.807) is 12.0 Å². The summed E-state index contributed by atoms with van der Waals surface area (Å²) in [6.07, 6.45) is 1.24. The molecule has 6 heteroatoms. The van der Waals surface area contributed by atoms with Crippen molar-refractivity contribution in [2.24, 2.45) is 5.92 Å². The van der Waals surface area contributed by atoms with Gasteiger partial charge in [-0.3, -0.25) is 4.79 Å². The second kappa shape index (κ2) is 8.23. The van der Waals surface area contributed by atoms with Gasteiger partial charge in [0.05, 0.1) is 13.0 Å². The molecule has 2 rings (SSSR count). The van der Waals surface area contributed by atoms with Gasteiger partial charge in [-0.2, -0.15) is 0 Å². The Morgan fingerprint density at radius 2 is 1.92 bits per heavy atom. The zero-order valence-corrected chi connectivity index (χ0v) is 15.5. The van der Waals surface area contributed by atoms with Crippen LogP contribution in [0.3, 0.4) is 0 Å². The van der Waals surface area contributed by atoms with Gasteiger partial charge in [0.1, 0.15) is 11.4 Å².